The van der Waals surface area contributed by atoms with Gasteiger partial charge in [0.2, 0.25) is 0 Å². The molecule has 2 heteroatoms. The van der Waals surface area contributed by atoms with Gasteiger partial charge in [-0.05, 0) is 41.2 Å². The number of nitrogens with one attached hydrogen (secondary N) is 1. The highest BCUT2D eigenvalue weighted by atomic mass is 35.5. The van der Waals surface area contributed by atoms with E-state index in [0.717, 1.165) is 11.4 Å². The van der Waals surface area contributed by atoms with Crippen molar-refractivity contribution in [2.45, 2.75) is 18.4 Å². The number of rotatable bonds is 2. The molecule has 0 fully saturated rings. The third-order valence-corrected chi connectivity index (χ3v) is 5.96. The Kier molecular flexibility index (Phi) is 3.83. The first kappa shape index (κ1) is 15.7. The molecule has 0 spiro atoms. The minimum atomic E-state index is 0.296. The van der Waals surface area contributed by atoms with Gasteiger partial charge in [0.1, 0.15) is 0 Å². The molecule has 1 aliphatic carbocycles. The van der Waals surface area contributed by atoms with Crippen molar-refractivity contribution in [3.05, 3.63) is 101 Å². The van der Waals surface area contributed by atoms with Crippen LogP contribution < -0.4 is 5.32 Å². The van der Waals surface area contributed by atoms with Crippen LogP contribution in [0.25, 0.3) is 11.1 Å². The van der Waals surface area contributed by atoms with Crippen molar-refractivity contribution in [2.75, 3.05) is 5.32 Å². The molecule has 1 heterocycles. The van der Waals surface area contributed by atoms with Gasteiger partial charge in [-0.1, -0.05) is 84.4 Å². The molecule has 0 aromatic heterocycles. The van der Waals surface area contributed by atoms with Gasteiger partial charge in [0.05, 0.1) is 6.04 Å². The van der Waals surface area contributed by atoms with E-state index in [1.807, 2.05) is 12.1 Å². The summed E-state index contributed by atoms with van der Waals surface area (Å²) in [5.74, 6) is 1.02. The number of halogens is 1. The van der Waals surface area contributed by atoms with E-state index < -0.39 is 0 Å². The Morgan fingerprint density at radius 2 is 1.65 bits per heavy atom. The van der Waals surface area contributed by atoms with Crippen LogP contribution in [0.2, 0.25) is 5.02 Å². The predicted molar refractivity (Wildman–Crippen MR) is 110 cm³/mol. The highest BCUT2D eigenvalue weighted by Crippen LogP contribution is 2.52. The fourth-order valence-corrected chi connectivity index (χ4v) is 4.61. The number of benzene rings is 3. The Morgan fingerprint density at radius 1 is 0.846 bits per heavy atom. The zero-order chi connectivity index (χ0) is 17.5. The summed E-state index contributed by atoms with van der Waals surface area (Å²) in [7, 11) is 0. The average Bonchev–Trinajstić information content (AvgIpc) is 3.18. The molecule has 1 nitrogen and oxygen atoms in total. The van der Waals surface area contributed by atoms with Crippen LogP contribution in [0, 0.1) is 5.92 Å². The molecular formula is C24H20ClN. The van der Waals surface area contributed by atoms with E-state index >= 15 is 0 Å². The minimum absolute atomic E-state index is 0.296. The zero-order valence-electron chi connectivity index (χ0n) is 14.4. The van der Waals surface area contributed by atoms with Gasteiger partial charge in [0.15, 0.2) is 0 Å². The summed E-state index contributed by atoms with van der Waals surface area (Å²) in [6, 6.07) is 25.9. The van der Waals surface area contributed by atoms with Crippen LogP contribution in [0.4, 0.5) is 5.69 Å². The smallest absolute Gasteiger partial charge is 0.0554 e. The lowest BCUT2D eigenvalue weighted by Gasteiger charge is -2.38. The highest BCUT2D eigenvalue weighted by molar-refractivity contribution is 6.30. The molecule has 3 aromatic carbocycles. The molecule has 1 N–H and O–H groups in total. The van der Waals surface area contributed by atoms with E-state index in [1.54, 1.807) is 0 Å². The predicted octanol–water partition coefficient (Wildman–Crippen LogP) is 6.83. The number of allylic oxidation sites excluding steroid dienone is 2. The largest absolute Gasteiger partial charge is 0.377 e. The molecule has 0 unspecified atom stereocenters. The molecule has 0 radical (unpaired) electrons. The summed E-state index contributed by atoms with van der Waals surface area (Å²) >= 11 is 6.12. The molecule has 5 rings (SSSR count). The number of hydrogen-bond donors (Lipinski definition) is 1. The fourth-order valence-electron chi connectivity index (χ4n) is 4.48. The Labute approximate surface area is 159 Å². The second kappa shape index (κ2) is 6.34. The van der Waals surface area contributed by atoms with E-state index in [1.165, 1.54) is 27.9 Å². The van der Waals surface area contributed by atoms with Crippen molar-refractivity contribution in [1.82, 2.24) is 0 Å². The lowest BCUT2D eigenvalue weighted by atomic mass is 9.76. The summed E-state index contributed by atoms with van der Waals surface area (Å²) < 4.78 is 0. The van der Waals surface area contributed by atoms with Gasteiger partial charge in [0, 0.05) is 22.2 Å². The summed E-state index contributed by atoms with van der Waals surface area (Å²) in [5.41, 5.74) is 6.52. The Balaban J connectivity index is 1.65. The van der Waals surface area contributed by atoms with Crippen LogP contribution in [0.1, 0.15) is 29.5 Å². The summed E-state index contributed by atoms with van der Waals surface area (Å²) in [6.45, 7) is 0. The van der Waals surface area contributed by atoms with E-state index in [2.05, 4.69) is 78.1 Å². The molecule has 0 saturated carbocycles. The SMILES string of the molecule is Clc1ccc([C@@H]2Nc3c(-c4ccccc4)cccc3[C@@H]3C=CC[C@@H]32)cc1. The molecule has 26 heavy (non-hydrogen) atoms. The first-order valence-corrected chi connectivity index (χ1v) is 9.56. The second-order valence-corrected chi connectivity index (χ2v) is 7.60. The van der Waals surface area contributed by atoms with Crippen molar-refractivity contribution in [1.29, 1.82) is 0 Å². The van der Waals surface area contributed by atoms with Gasteiger partial charge < -0.3 is 5.32 Å². The maximum absolute atomic E-state index is 6.12. The molecule has 128 valence electrons. The van der Waals surface area contributed by atoms with Crippen molar-refractivity contribution in [3.63, 3.8) is 0 Å². The van der Waals surface area contributed by atoms with Crippen LogP contribution in [0.5, 0.6) is 0 Å². The van der Waals surface area contributed by atoms with E-state index in [-0.39, 0.29) is 0 Å². The van der Waals surface area contributed by atoms with Gasteiger partial charge in [-0.25, -0.2) is 0 Å². The van der Waals surface area contributed by atoms with Crippen molar-refractivity contribution >= 4 is 17.3 Å². The molecular weight excluding hydrogens is 338 g/mol. The van der Waals surface area contributed by atoms with Crippen LogP contribution in [0.15, 0.2) is 84.9 Å². The van der Waals surface area contributed by atoms with E-state index in [0.29, 0.717) is 17.9 Å². The third kappa shape index (κ3) is 2.55. The summed E-state index contributed by atoms with van der Waals surface area (Å²) in [4.78, 5) is 0. The van der Waals surface area contributed by atoms with Gasteiger partial charge >= 0.3 is 0 Å². The van der Waals surface area contributed by atoms with E-state index in [9.17, 15) is 0 Å². The molecule has 3 atom stereocenters. The fraction of sp³-hybridized carbons (Fsp3) is 0.167. The van der Waals surface area contributed by atoms with Crippen molar-refractivity contribution in [3.8, 4) is 11.1 Å². The highest BCUT2D eigenvalue weighted by Gasteiger charge is 2.38. The minimum Gasteiger partial charge on any atom is -0.377 e. The van der Waals surface area contributed by atoms with Gasteiger partial charge in [-0.15, -0.1) is 0 Å². The number of anilines is 1. The molecule has 2 aliphatic rings. The Bertz CT molecular complexity index is 959. The molecule has 0 saturated heterocycles. The van der Waals surface area contributed by atoms with E-state index in [4.69, 9.17) is 11.6 Å². The number of hydrogen-bond acceptors (Lipinski definition) is 1. The first-order valence-electron chi connectivity index (χ1n) is 9.18. The van der Waals surface area contributed by atoms with Crippen LogP contribution in [0.3, 0.4) is 0 Å². The quantitative estimate of drug-likeness (QED) is 0.495. The standard InChI is InChI=1S/C24H20ClN/c25-18-14-12-17(13-15-18)23-21-10-5-9-20(21)22-11-4-8-19(24(22)26-23)16-6-2-1-3-7-16/h1-9,11-15,20-21,23,26H,10H2/t20-,21+,23+/m1/s1. The van der Waals surface area contributed by atoms with Gasteiger partial charge in [0.25, 0.3) is 0 Å². The molecule has 0 bridgehead atoms. The topological polar surface area (TPSA) is 12.0 Å². The van der Waals surface area contributed by atoms with Crippen molar-refractivity contribution in [2.24, 2.45) is 5.92 Å². The molecule has 0 amide bonds. The molecule has 1 aliphatic heterocycles. The Morgan fingerprint density at radius 3 is 2.46 bits per heavy atom. The normalized spacial score (nSPS) is 23.2. The maximum atomic E-state index is 6.12. The van der Waals surface area contributed by atoms with Gasteiger partial charge in [-0.3, -0.25) is 0 Å². The molecule has 3 aromatic rings. The lowest BCUT2D eigenvalue weighted by molar-refractivity contribution is 0.426. The summed E-state index contributed by atoms with van der Waals surface area (Å²) in [6.07, 6.45) is 5.84. The average molecular weight is 358 g/mol. The number of fused-ring (bicyclic) bond motifs is 3. The first-order chi connectivity index (χ1) is 12.8. The monoisotopic (exact) mass is 357 g/mol. The van der Waals surface area contributed by atoms with Gasteiger partial charge in [-0.2, -0.15) is 0 Å². The second-order valence-electron chi connectivity index (χ2n) is 7.16. The lowest BCUT2D eigenvalue weighted by Crippen LogP contribution is -2.29. The van der Waals surface area contributed by atoms with Crippen LogP contribution >= 0.6 is 11.6 Å². The maximum Gasteiger partial charge on any atom is 0.0554 e. The van der Waals surface area contributed by atoms with Crippen LogP contribution in [-0.4, -0.2) is 0 Å². The van der Waals surface area contributed by atoms with Crippen LogP contribution in [-0.2, 0) is 0 Å². The summed E-state index contributed by atoms with van der Waals surface area (Å²) in [5, 5.41) is 4.68. The zero-order valence-corrected chi connectivity index (χ0v) is 15.2. The third-order valence-electron chi connectivity index (χ3n) is 5.71. The van der Waals surface area contributed by atoms with Crippen molar-refractivity contribution < 1.29 is 0 Å². The number of para-hydroxylation sites is 1. The Hall–Kier alpha value is -2.51.